The van der Waals surface area contributed by atoms with Crippen LogP contribution in [0.2, 0.25) is 0 Å². The van der Waals surface area contributed by atoms with E-state index in [4.69, 9.17) is 37.8 Å². The highest BCUT2D eigenvalue weighted by Crippen LogP contribution is 2.64. The number of aliphatic carboxylic acids is 1. The minimum atomic E-state index is -2.72. The largest absolute Gasteiger partial charge is 0.502 e. The zero-order valence-electron chi connectivity index (χ0n) is 26.3. The third kappa shape index (κ3) is 5.00. The van der Waals surface area contributed by atoms with E-state index in [0.717, 1.165) is 4.90 Å². The second-order valence-electron chi connectivity index (χ2n) is 12.3. The van der Waals surface area contributed by atoms with Gasteiger partial charge in [-0.1, -0.05) is 23.8 Å². The zero-order chi connectivity index (χ0) is 37.5. The summed E-state index contributed by atoms with van der Waals surface area (Å²) in [5, 5.41) is 19.5. The number of anilines is 1. The van der Waals surface area contributed by atoms with Crippen molar-refractivity contribution < 1.29 is 65.6 Å². The number of benzene rings is 2. The van der Waals surface area contributed by atoms with Crippen molar-refractivity contribution in [1.82, 2.24) is 4.90 Å². The van der Waals surface area contributed by atoms with Crippen LogP contribution in [0.3, 0.4) is 0 Å². The molecule has 4 aliphatic rings. The van der Waals surface area contributed by atoms with Crippen molar-refractivity contribution in [3.63, 3.8) is 0 Å². The number of amides is 4. The van der Waals surface area contributed by atoms with Gasteiger partial charge in [0.1, 0.15) is 5.69 Å². The van der Waals surface area contributed by atoms with Crippen LogP contribution in [0.25, 0.3) is 6.08 Å². The monoisotopic (exact) mass is 758 g/mol. The molecule has 2 heterocycles. The van der Waals surface area contributed by atoms with Gasteiger partial charge in [0.05, 0.1) is 32.5 Å². The maximum atomic E-state index is 15.2. The molecule has 11 nitrogen and oxygen atoms in total. The number of ether oxygens (including phenoxy) is 2. The van der Waals surface area contributed by atoms with Gasteiger partial charge in [-0.3, -0.25) is 28.9 Å². The van der Waals surface area contributed by atoms with Crippen molar-refractivity contribution >= 4 is 64.6 Å². The second-order valence-corrected chi connectivity index (χ2v) is 13.6. The molecule has 2 aromatic carbocycles. The van der Waals surface area contributed by atoms with E-state index in [9.17, 15) is 42.3 Å². The third-order valence-corrected chi connectivity index (χ3v) is 11.3. The number of hydrogen-bond acceptors (Lipinski definition) is 8. The number of nitrogens with zero attached hydrogens (tertiary/aromatic N) is 2. The van der Waals surface area contributed by atoms with Gasteiger partial charge in [-0.15, -0.1) is 23.2 Å². The number of carboxylic acids is 1. The molecule has 0 aromatic heterocycles. The van der Waals surface area contributed by atoms with Gasteiger partial charge in [0.15, 0.2) is 44.5 Å². The molecule has 51 heavy (non-hydrogen) atoms. The molecule has 2 N–H and O–H groups in total. The lowest BCUT2D eigenvalue weighted by molar-refractivity contribution is -0.142. The predicted molar refractivity (Wildman–Crippen MR) is 166 cm³/mol. The number of methoxy groups -OCH3 is 2. The number of carbonyl (C=O) groups is 5. The Hall–Kier alpha value is -4.70. The highest BCUT2D eigenvalue weighted by atomic mass is 35.5. The van der Waals surface area contributed by atoms with Gasteiger partial charge in [0.2, 0.25) is 23.4 Å². The summed E-state index contributed by atoms with van der Waals surface area (Å²) in [6, 6.07) is 2.69. The average Bonchev–Trinajstić information content (AvgIpc) is 3.43. The molecule has 2 saturated heterocycles. The number of likely N-dealkylation sites (tertiary alicyclic amines) is 1. The molecule has 270 valence electrons. The summed E-state index contributed by atoms with van der Waals surface area (Å²) < 4.78 is 83.4. The quantitative estimate of drug-likeness (QED) is 0.0977. The number of halogens is 7. The van der Waals surface area contributed by atoms with Gasteiger partial charge in [0, 0.05) is 12.5 Å². The minimum Gasteiger partial charge on any atom is -0.502 e. The second kappa shape index (κ2) is 12.5. The maximum absolute atomic E-state index is 15.2. The minimum absolute atomic E-state index is 0.0522. The van der Waals surface area contributed by atoms with Crippen LogP contribution < -0.4 is 14.4 Å². The lowest BCUT2D eigenvalue weighted by Gasteiger charge is -2.49. The standard InChI is InChI=1S/C33H25Cl2F5N2O9/c1-50-17-9-12(10-18(51-2)27(17)45)3-6-16-13-4-5-14-20(29(47)41(28(14)46)8-7-19(43)44)15(13)11-32(34)30(48)42(31(49)33(16,32)35)26-24(39)22(37)21(36)23(38)25(26)40/h3-4,6,9-10,14-16,20,45H,5,7-8,11H2,1-2H3,(H,43,44). The average molecular weight is 759 g/mol. The fraction of sp³-hybridized carbons (Fsp3) is 0.364. The number of allylic oxidation sites excluding steroid dienone is 3. The summed E-state index contributed by atoms with van der Waals surface area (Å²) in [5.41, 5.74) is -1.47. The van der Waals surface area contributed by atoms with Gasteiger partial charge in [0.25, 0.3) is 11.8 Å². The van der Waals surface area contributed by atoms with E-state index in [1.165, 1.54) is 44.6 Å². The first-order valence-electron chi connectivity index (χ1n) is 15.1. The van der Waals surface area contributed by atoms with E-state index >= 15 is 8.78 Å². The normalized spacial score (nSPS) is 28.6. The number of rotatable bonds is 8. The lowest BCUT2D eigenvalue weighted by Crippen LogP contribution is -2.60. The van der Waals surface area contributed by atoms with Crippen molar-refractivity contribution in [1.29, 1.82) is 0 Å². The summed E-state index contributed by atoms with van der Waals surface area (Å²) in [6.45, 7) is -0.465. The molecule has 2 aliphatic heterocycles. The third-order valence-electron chi connectivity index (χ3n) is 9.90. The number of hydrogen-bond donors (Lipinski definition) is 2. The number of fused-ring (bicyclic) bond motifs is 4. The summed E-state index contributed by atoms with van der Waals surface area (Å²) in [5.74, 6) is -24.0. The van der Waals surface area contributed by atoms with Crippen LogP contribution in [0.1, 0.15) is 24.8 Å². The van der Waals surface area contributed by atoms with Gasteiger partial charge in [-0.25, -0.2) is 26.9 Å². The molecular weight excluding hydrogens is 734 g/mol. The Balaban J connectivity index is 1.54. The topological polar surface area (TPSA) is 151 Å². The van der Waals surface area contributed by atoms with Gasteiger partial charge in [-0.05, 0) is 36.5 Å². The van der Waals surface area contributed by atoms with Crippen molar-refractivity contribution in [3.8, 4) is 17.2 Å². The summed E-state index contributed by atoms with van der Waals surface area (Å²) in [6.07, 6.45) is 2.71. The molecule has 3 fully saturated rings. The SMILES string of the molecule is COc1cc(C=CC2C3=CCC4C(=O)N(CCC(=O)O)C(=O)C4C3CC3(Cl)C(=O)N(c4c(F)c(F)c(F)c(F)c4F)C(=O)C23Cl)cc(OC)c1O. The van der Waals surface area contributed by atoms with E-state index in [0.29, 0.717) is 0 Å². The maximum Gasteiger partial charge on any atom is 0.305 e. The van der Waals surface area contributed by atoms with Crippen LogP contribution in [-0.2, 0) is 24.0 Å². The number of phenolic OH excluding ortho intramolecular Hbond substituents is 1. The molecule has 6 atom stereocenters. The number of phenols is 1. The Morgan fingerprint density at radius 2 is 1.49 bits per heavy atom. The Bertz CT molecular complexity index is 1960. The van der Waals surface area contributed by atoms with Gasteiger partial charge >= 0.3 is 5.97 Å². The zero-order valence-corrected chi connectivity index (χ0v) is 27.8. The first kappa shape index (κ1) is 36.1. The fourth-order valence-corrected chi connectivity index (χ4v) is 8.42. The van der Waals surface area contributed by atoms with Crippen LogP contribution in [0.4, 0.5) is 27.6 Å². The predicted octanol–water partition coefficient (Wildman–Crippen LogP) is 4.69. The molecule has 18 heteroatoms. The fourth-order valence-electron chi connectivity index (χ4n) is 7.53. The summed E-state index contributed by atoms with van der Waals surface area (Å²) >= 11 is 14.0. The highest BCUT2D eigenvalue weighted by molar-refractivity contribution is 6.58. The van der Waals surface area contributed by atoms with Crippen molar-refractivity contribution in [2.24, 2.45) is 23.7 Å². The number of carbonyl (C=O) groups excluding carboxylic acids is 4. The van der Waals surface area contributed by atoms with Crippen LogP contribution in [0.5, 0.6) is 17.2 Å². The van der Waals surface area contributed by atoms with Crippen molar-refractivity contribution in [2.45, 2.75) is 29.0 Å². The van der Waals surface area contributed by atoms with Crippen LogP contribution >= 0.6 is 23.2 Å². The summed E-state index contributed by atoms with van der Waals surface area (Å²) in [4.78, 5) is 61.8. The van der Waals surface area contributed by atoms with Crippen LogP contribution in [0.15, 0.2) is 29.9 Å². The molecule has 0 bridgehead atoms. The van der Waals surface area contributed by atoms with E-state index in [-0.39, 0.29) is 39.7 Å². The summed E-state index contributed by atoms with van der Waals surface area (Å²) in [7, 11) is 2.51. The molecule has 6 unspecified atom stereocenters. The number of alkyl halides is 2. The van der Waals surface area contributed by atoms with E-state index in [1.807, 2.05) is 0 Å². The molecule has 2 aromatic rings. The molecular formula is C33H25Cl2F5N2O9. The van der Waals surface area contributed by atoms with Crippen molar-refractivity contribution in [2.75, 3.05) is 25.7 Å². The van der Waals surface area contributed by atoms with Gasteiger partial charge in [-0.2, -0.15) is 0 Å². The Kier molecular flexibility index (Phi) is 8.86. The Morgan fingerprint density at radius 1 is 0.922 bits per heavy atom. The Labute approximate surface area is 294 Å². The van der Waals surface area contributed by atoms with E-state index < -0.39 is 117 Å². The van der Waals surface area contributed by atoms with Crippen LogP contribution in [-0.4, -0.2) is 75.2 Å². The number of carboxylic acid groups (broad SMARTS) is 1. The van der Waals surface area contributed by atoms with Gasteiger partial charge < -0.3 is 19.7 Å². The molecule has 1 saturated carbocycles. The Morgan fingerprint density at radius 3 is 2.04 bits per heavy atom. The molecule has 6 rings (SSSR count). The van der Waals surface area contributed by atoms with E-state index in [1.54, 1.807) is 0 Å². The molecule has 4 amide bonds. The number of aromatic hydroxyl groups is 1. The van der Waals surface area contributed by atoms with Crippen molar-refractivity contribution in [3.05, 3.63) is 64.5 Å². The van der Waals surface area contributed by atoms with Crippen LogP contribution in [0, 0.1) is 52.8 Å². The molecule has 0 radical (unpaired) electrons. The van der Waals surface area contributed by atoms with E-state index in [2.05, 4.69) is 0 Å². The first-order valence-corrected chi connectivity index (χ1v) is 15.9. The highest BCUT2D eigenvalue weighted by Gasteiger charge is 2.76. The smallest absolute Gasteiger partial charge is 0.305 e. The number of imide groups is 2. The lowest BCUT2D eigenvalue weighted by atomic mass is 9.57. The molecule has 0 spiro atoms. The first-order chi connectivity index (χ1) is 24.0. The molecule has 2 aliphatic carbocycles.